The molecule has 1 aromatic carbocycles. The van der Waals surface area contributed by atoms with Gasteiger partial charge >= 0.3 is 0 Å². The number of pyridine rings is 1. The third kappa shape index (κ3) is 5.22. The van der Waals surface area contributed by atoms with Gasteiger partial charge < -0.3 is 11.1 Å². The molecule has 2 amide bonds. The average Bonchev–Trinajstić information content (AvgIpc) is 3.05. The normalized spacial score (nSPS) is 11.4. The molecule has 2 heterocycles. The van der Waals surface area contributed by atoms with Crippen LogP contribution in [-0.4, -0.2) is 41.3 Å². The average molecular weight is 482 g/mol. The number of carbonyl (C=O) groups is 2. The van der Waals surface area contributed by atoms with Gasteiger partial charge in [0, 0.05) is 17.5 Å². The Morgan fingerprint density at radius 2 is 1.94 bits per heavy atom. The second-order valence-corrected chi connectivity index (χ2v) is 9.76. The van der Waals surface area contributed by atoms with Crippen molar-refractivity contribution in [2.24, 2.45) is 5.73 Å². The summed E-state index contributed by atoms with van der Waals surface area (Å²) in [6.45, 7) is 1.65. The van der Waals surface area contributed by atoms with Gasteiger partial charge in [0.25, 0.3) is 11.8 Å². The third-order valence-electron chi connectivity index (χ3n) is 4.15. The lowest BCUT2D eigenvalue weighted by molar-refractivity contribution is 0.100. The minimum Gasteiger partial charge on any atom is -0.366 e. The van der Waals surface area contributed by atoms with E-state index in [1.807, 2.05) is 0 Å². The summed E-state index contributed by atoms with van der Waals surface area (Å²) in [5, 5.41) is 7.31. The summed E-state index contributed by atoms with van der Waals surface area (Å²) in [6, 6.07) is 7.37. The van der Waals surface area contributed by atoms with Crippen LogP contribution in [0.1, 0.15) is 32.1 Å². The van der Waals surface area contributed by atoms with Crippen molar-refractivity contribution in [3.8, 4) is 5.82 Å². The third-order valence-corrected chi connectivity index (χ3v) is 5.48. The molecule has 0 saturated heterocycles. The first-order valence-corrected chi connectivity index (χ1v) is 11.6. The summed E-state index contributed by atoms with van der Waals surface area (Å²) in [4.78, 5) is 29.1. The summed E-state index contributed by atoms with van der Waals surface area (Å²) in [5.74, 6) is -1.71. The maximum Gasteiger partial charge on any atom is 0.274 e. The topological polar surface area (TPSA) is 137 Å². The summed E-state index contributed by atoms with van der Waals surface area (Å²) in [6.07, 6.45) is 2.51. The number of anilines is 1. The number of aryl methyl sites for hydroxylation is 1. The van der Waals surface area contributed by atoms with Crippen molar-refractivity contribution in [3.63, 3.8) is 0 Å². The van der Waals surface area contributed by atoms with Crippen LogP contribution >= 0.6 is 23.2 Å². The van der Waals surface area contributed by atoms with E-state index < -0.39 is 27.4 Å². The number of halogens is 2. The number of amides is 2. The number of nitrogens with two attached hydrogens (primary N) is 1. The zero-order valence-electron chi connectivity index (χ0n) is 16.4. The molecule has 0 radical (unpaired) electrons. The van der Waals surface area contributed by atoms with Crippen molar-refractivity contribution in [1.82, 2.24) is 14.8 Å². The van der Waals surface area contributed by atoms with E-state index in [0.717, 1.165) is 10.9 Å². The molecule has 0 atom stereocenters. The lowest BCUT2D eigenvalue weighted by atomic mass is 10.1. The van der Waals surface area contributed by atoms with Crippen molar-refractivity contribution >= 4 is 50.5 Å². The molecule has 9 nitrogen and oxygen atoms in total. The molecule has 3 N–H and O–H groups in total. The Kier molecular flexibility index (Phi) is 6.35. The van der Waals surface area contributed by atoms with Gasteiger partial charge in [-0.05, 0) is 42.8 Å². The number of sulfone groups is 1. The van der Waals surface area contributed by atoms with Crippen LogP contribution in [0.4, 0.5) is 5.69 Å². The van der Waals surface area contributed by atoms with Crippen molar-refractivity contribution in [2.45, 2.75) is 12.7 Å². The van der Waals surface area contributed by atoms with Gasteiger partial charge in [-0.2, -0.15) is 5.10 Å². The fraction of sp³-hybridized carbons (Fsp3) is 0.158. The lowest BCUT2D eigenvalue weighted by Crippen LogP contribution is -2.21. The summed E-state index contributed by atoms with van der Waals surface area (Å²) in [5.41, 5.74) is 6.21. The Balaban J connectivity index is 2.11. The van der Waals surface area contributed by atoms with E-state index in [1.165, 1.54) is 18.3 Å². The fourth-order valence-corrected chi connectivity index (χ4v) is 4.06. The molecule has 0 fully saturated rings. The molecular formula is C19H17Cl2N5O4S. The van der Waals surface area contributed by atoms with Crippen molar-refractivity contribution in [2.75, 3.05) is 11.6 Å². The standard InChI is InChI=1S/C19H17Cl2N5O4S/c1-10-6-11(20)7-13(17(22)27)16(10)24-19(28)15-8-12(9-31(2,29)30)25-26(15)18-14(21)4-3-5-23-18/h3-8H,9H2,1-2H3,(H2,22,27)(H,24,28). The quantitative estimate of drug-likeness (QED) is 0.554. The van der Waals surface area contributed by atoms with Crippen molar-refractivity contribution in [1.29, 1.82) is 0 Å². The van der Waals surface area contributed by atoms with Crippen molar-refractivity contribution in [3.05, 3.63) is 69.1 Å². The highest BCUT2D eigenvalue weighted by Gasteiger charge is 2.23. The van der Waals surface area contributed by atoms with Crippen LogP contribution in [0.5, 0.6) is 0 Å². The number of nitrogens with one attached hydrogen (secondary N) is 1. The maximum atomic E-state index is 13.1. The minimum atomic E-state index is -3.42. The number of nitrogens with zero attached hydrogens (tertiary/aromatic N) is 3. The monoisotopic (exact) mass is 481 g/mol. The van der Waals surface area contributed by atoms with Gasteiger partial charge in [0.05, 0.1) is 27.7 Å². The largest absolute Gasteiger partial charge is 0.366 e. The van der Waals surface area contributed by atoms with Crippen LogP contribution in [0, 0.1) is 6.92 Å². The molecule has 3 aromatic rings. The maximum absolute atomic E-state index is 13.1. The van der Waals surface area contributed by atoms with Gasteiger partial charge in [-0.25, -0.2) is 18.1 Å². The van der Waals surface area contributed by atoms with E-state index in [-0.39, 0.29) is 38.5 Å². The molecule has 2 aromatic heterocycles. The van der Waals surface area contributed by atoms with Crippen LogP contribution in [0.25, 0.3) is 5.82 Å². The molecule has 0 bridgehead atoms. The predicted octanol–water partition coefficient (Wildman–Crippen LogP) is 2.78. The Hall–Kier alpha value is -2.95. The van der Waals surface area contributed by atoms with Crippen LogP contribution in [-0.2, 0) is 15.6 Å². The first kappa shape index (κ1) is 22.7. The number of rotatable bonds is 6. The molecular weight excluding hydrogens is 465 g/mol. The Bertz CT molecular complexity index is 1300. The number of aromatic nitrogens is 3. The fourth-order valence-electron chi connectivity index (χ4n) is 2.91. The first-order chi connectivity index (χ1) is 14.5. The number of benzene rings is 1. The zero-order chi connectivity index (χ0) is 22.9. The van der Waals surface area contributed by atoms with Crippen LogP contribution < -0.4 is 11.1 Å². The summed E-state index contributed by atoms with van der Waals surface area (Å²) >= 11 is 12.2. The van der Waals surface area contributed by atoms with Crippen LogP contribution in [0.2, 0.25) is 10.0 Å². The molecule has 0 aliphatic heterocycles. The molecule has 3 rings (SSSR count). The first-order valence-electron chi connectivity index (χ1n) is 8.75. The highest BCUT2D eigenvalue weighted by molar-refractivity contribution is 7.89. The number of hydrogen-bond donors (Lipinski definition) is 2. The van der Waals surface area contributed by atoms with E-state index in [4.69, 9.17) is 28.9 Å². The smallest absolute Gasteiger partial charge is 0.274 e. The zero-order valence-corrected chi connectivity index (χ0v) is 18.7. The van der Waals surface area contributed by atoms with Gasteiger partial charge in [-0.15, -0.1) is 0 Å². The molecule has 0 spiro atoms. The van der Waals surface area contributed by atoms with Crippen molar-refractivity contribution < 1.29 is 18.0 Å². The highest BCUT2D eigenvalue weighted by atomic mass is 35.5. The number of carbonyl (C=O) groups excluding carboxylic acids is 2. The second kappa shape index (κ2) is 8.66. The summed E-state index contributed by atoms with van der Waals surface area (Å²) in [7, 11) is -3.42. The Labute approximate surface area is 188 Å². The number of hydrogen-bond acceptors (Lipinski definition) is 6. The molecule has 12 heteroatoms. The second-order valence-electron chi connectivity index (χ2n) is 6.78. The van der Waals surface area contributed by atoms with Gasteiger partial charge in [0.1, 0.15) is 5.69 Å². The summed E-state index contributed by atoms with van der Waals surface area (Å²) < 4.78 is 24.6. The van der Waals surface area contributed by atoms with E-state index in [0.29, 0.717) is 5.56 Å². The van der Waals surface area contributed by atoms with Crippen LogP contribution in [0.15, 0.2) is 36.5 Å². The molecule has 162 valence electrons. The molecule has 0 aliphatic rings. The van der Waals surface area contributed by atoms with Gasteiger partial charge in [-0.1, -0.05) is 23.2 Å². The van der Waals surface area contributed by atoms with Crippen LogP contribution in [0.3, 0.4) is 0 Å². The predicted molar refractivity (Wildman–Crippen MR) is 118 cm³/mol. The number of primary amides is 1. The molecule has 0 unspecified atom stereocenters. The molecule has 31 heavy (non-hydrogen) atoms. The lowest BCUT2D eigenvalue weighted by Gasteiger charge is -2.13. The van der Waals surface area contributed by atoms with E-state index in [1.54, 1.807) is 25.1 Å². The molecule has 0 saturated carbocycles. The van der Waals surface area contributed by atoms with E-state index in [2.05, 4.69) is 15.4 Å². The SMILES string of the molecule is Cc1cc(Cl)cc(C(N)=O)c1NC(=O)c1cc(CS(C)(=O)=O)nn1-c1ncccc1Cl. The highest BCUT2D eigenvalue weighted by Crippen LogP contribution is 2.27. The van der Waals surface area contributed by atoms with Gasteiger partial charge in [0.2, 0.25) is 0 Å². The van der Waals surface area contributed by atoms with Gasteiger partial charge in [-0.3, -0.25) is 9.59 Å². The molecule has 0 aliphatic carbocycles. The van der Waals surface area contributed by atoms with E-state index in [9.17, 15) is 18.0 Å². The Morgan fingerprint density at radius 3 is 2.55 bits per heavy atom. The Morgan fingerprint density at radius 1 is 1.23 bits per heavy atom. The van der Waals surface area contributed by atoms with E-state index >= 15 is 0 Å². The van der Waals surface area contributed by atoms with Gasteiger partial charge in [0.15, 0.2) is 15.7 Å². The minimum absolute atomic E-state index is 0.0247.